The average Bonchev–Trinajstić information content (AvgIpc) is 3.18. The number of aromatic nitrogens is 1. The number of nitrogens with zero attached hydrogens (tertiary/aromatic N) is 1. The third kappa shape index (κ3) is 2.55. The number of benzene rings is 1. The van der Waals surface area contributed by atoms with Gasteiger partial charge in [-0.2, -0.15) is 0 Å². The second kappa shape index (κ2) is 5.48. The van der Waals surface area contributed by atoms with Gasteiger partial charge in [-0.25, -0.2) is 4.98 Å². The first-order valence-electron chi connectivity index (χ1n) is 6.99. The van der Waals surface area contributed by atoms with Crippen molar-refractivity contribution in [1.82, 2.24) is 4.98 Å². The zero-order chi connectivity index (χ0) is 15.9. The molecule has 0 spiro atoms. The van der Waals surface area contributed by atoms with E-state index in [0.29, 0.717) is 20.7 Å². The van der Waals surface area contributed by atoms with Crippen LogP contribution in [0.5, 0.6) is 0 Å². The molecule has 22 heavy (non-hydrogen) atoms. The third-order valence-electron chi connectivity index (χ3n) is 3.91. The number of nitrogens with one attached hydrogen (secondary N) is 1. The second-order valence-electron chi connectivity index (χ2n) is 5.51. The lowest BCUT2D eigenvalue weighted by Gasteiger charge is -2.15. The Kier molecular flexibility index (Phi) is 3.78. The van der Waals surface area contributed by atoms with Crippen molar-refractivity contribution in [2.75, 3.05) is 5.32 Å². The summed E-state index contributed by atoms with van der Waals surface area (Å²) in [6.07, 6.45) is 1.54. The molecule has 6 heteroatoms. The molecule has 1 saturated carbocycles. The fourth-order valence-electron chi connectivity index (χ4n) is 2.59. The van der Waals surface area contributed by atoms with Crippen LogP contribution in [-0.4, -0.2) is 16.7 Å². The highest BCUT2D eigenvalue weighted by Gasteiger charge is 2.52. The third-order valence-corrected chi connectivity index (χ3v) is 5.41. The number of aryl methyl sites for hydroxylation is 1. The van der Waals surface area contributed by atoms with Gasteiger partial charge in [0.2, 0.25) is 5.91 Å². The molecular formula is C16H15ClN2O2S. The number of Topliss-reactive ketones (excluding diaryl/α,β-unsaturated/α-hetero) is 1. The van der Waals surface area contributed by atoms with Crippen molar-refractivity contribution in [2.45, 2.75) is 32.1 Å². The summed E-state index contributed by atoms with van der Waals surface area (Å²) in [5.74, 6) is -0.146. The van der Waals surface area contributed by atoms with Crippen LogP contribution in [0.1, 0.15) is 40.7 Å². The van der Waals surface area contributed by atoms with E-state index in [-0.39, 0.29) is 11.7 Å². The number of amides is 1. The first-order chi connectivity index (χ1) is 10.4. The first-order valence-corrected chi connectivity index (χ1v) is 8.18. The van der Waals surface area contributed by atoms with Gasteiger partial charge in [0.25, 0.3) is 0 Å². The number of carbonyl (C=O) groups is 2. The second-order valence-corrected chi connectivity index (χ2v) is 6.91. The molecule has 1 amide bonds. The SMILES string of the molecule is CC(=O)c1sc(NC(=O)C2(c3ccccc3Cl)CC2)nc1C. The van der Waals surface area contributed by atoms with Crippen molar-refractivity contribution in [3.05, 3.63) is 45.4 Å². The van der Waals surface area contributed by atoms with Gasteiger partial charge >= 0.3 is 0 Å². The fourth-order valence-corrected chi connectivity index (χ4v) is 3.76. The minimum atomic E-state index is -0.561. The Labute approximate surface area is 137 Å². The van der Waals surface area contributed by atoms with Crippen LogP contribution >= 0.6 is 22.9 Å². The van der Waals surface area contributed by atoms with Gasteiger partial charge in [0.1, 0.15) is 0 Å². The van der Waals surface area contributed by atoms with Crippen molar-refractivity contribution in [3.63, 3.8) is 0 Å². The Morgan fingerprint density at radius 2 is 2.00 bits per heavy atom. The van der Waals surface area contributed by atoms with Gasteiger partial charge in [-0.15, -0.1) is 0 Å². The topological polar surface area (TPSA) is 59.1 Å². The molecule has 0 unspecified atom stereocenters. The number of hydrogen-bond donors (Lipinski definition) is 1. The quantitative estimate of drug-likeness (QED) is 0.860. The van der Waals surface area contributed by atoms with Crippen LogP contribution in [0.4, 0.5) is 5.13 Å². The first kappa shape index (κ1) is 15.2. The van der Waals surface area contributed by atoms with E-state index in [1.165, 1.54) is 18.3 Å². The smallest absolute Gasteiger partial charge is 0.236 e. The van der Waals surface area contributed by atoms with E-state index in [9.17, 15) is 9.59 Å². The Balaban J connectivity index is 1.85. The lowest BCUT2D eigenvalue weighted by molar-refractivity contribution is -0.118. The number of rotatable bonds is 4. The summed E-state index contributed by atoms with van der Waals surface area (Å²) in [4.78, 5) is 29.0. The molecule has 1 heterocycles. The van der Waals surface area contributed by atoms with Gasteiger partial charge in [-0.1, -0.05) is 41.1 Å². The molecule has 0 bridgehead atoms. The standard InChI is InChI=1S/C16H15ClN2O2S/c1-9-13(10(2)20)22-15(18-9)19-14(21)16(7-8-16)11-5-3-4-6-12(11)17/h3-6H,7-8H2,1-2H3,(H,18,19,21). The zero-order valence-corrected chi connectivity index (χ0v) is 13.8. The van der Waals surface area contributed by atoms with E-state index >= 15 is 0 Å². The minimum absolute atomic E-state index is 0.0391. The van der Waals surface area contributed by atoms with Crippen molar-refractivity contribution in [1.29, 1.82) is 0 Å². The predicted molar refractivity (Wildman–Crippen MR) is 87.8 cm³/mol. The maximum atomic E-state index is 12.7. The number of anilines is 1. The van der Waals surface area contributed by atoms with Crippen molar-refractivity contribution >= 4 is 39.8 Å². The van der Waals surface area contributed by atoms with Crippen LogP contribution in [0.3, 0.4) is 0 Å². The number of halogens is 1. The molecule has 1 aliphatic carbocycles. The molecule has 0 atom stereocenters. The zero-order valence-electron chi connectivity index (χ0n) is 12.3. The average molecular weight is 335 g/mol. The minimum Gasteiger partial charge on any atom is -0.301 e. The van der Waals surface area contributed by atoms with Crippen molar-refractivity contribution in [2.24, 2.45) is 0 Å². The highest BCUT2D eigenvalue weighted by molar-refractivity contribution is 7.17. The molecule has 0 saturated heterocycles. The summed E-state index contributed by atoms with van der Waals surface area (Å²) in [5, 5.41) is 3.91. The summed E-state index contributed by atoms with van der Waals surface area (Å²) in [7, 11) is 0. The molecule has 1 aliphatic rings. The predicted octanol–water partition coefficient (Wildman–Crippen LogP) is 3.98. The summed E-state index contributed by atoms with van der Waals surface area (Å²) in [5.41, 5.74) is 0.943. The summed E-state index contributed by atoms with van der Waals surface area (Å²) >= 11 is 7.44. The van der Waals surface area contributed by atoms with Gasteiger partial charge < -0.3 is 5.32 Å². The van der Waals surface area contributed by atoms with E-state index in [4.69, 9.17) is 11.6 Å². The number of carbonyl (C=O) groups excluding carboxylic acids is 2. The Bertz CT molecular complexity index is 765. The normalized spacial score (nSPS) is 15.4. The number of thiazole rings is 1. The van der Waals surface area contributed by atoms with Crippen molar-refractivity contribution < 1.29 is 9.59 Å². The highest BCUT2D eigenvalue weighted by Crippen LogP contribution is 2.51. The molecule has 114 valence electrons. The molecule has 2 aromatic rings. The van der Waals surface area contributed by atoms with Crippen LogP contribution in [0.2, 0.25) is 5.02 Å². The Morgan fingerprint density at radius 3 is 2.55 bits per heavy atom. The van der Waals surface area contributed by atoms with Crippen LogP contribution < -0.4 is 5.32 Å². The molecule has 1 fully saturated rings. The highest BCUT2D eigenvalue weighted by atomic mass is 35.5. The molecule has 1 aromatic heterocycles. The van der Waals surface area contributed by atoms with Crippen LogP contribution in [0, 0.1) is 6.92 Å². The van der Waals surface area contributed by atoms with Gasteiger partial charge in [-0.3, -0.25) is 9.59 Å². The maximum absolute atomic E-state index is 12.7. The van der Waals surface area contributed by atoms with Crippen LogP contribution in [0.25, 0.3) is 0 Å². The monoisotopic (exact) mass is 334 g/mol. The summed E-state index contributed by atoms with van der Waals surface area (Å²) in [6.45, 7) is 3.27. The van der Waals surface area contributed by atoms with Crippen LogP contribution in [0.15, 0.2) is 24.3 Å². The lowest BCUT2D eigenvalue weighted by atomic mass is 9.95. The summed E-state index contributed by atoms with van der Waals surface area (Å²) in [6, 6.07) is 7.42. The molecule has 3 rings (SSSR count). The molecule has 0 radical (unpaired) electrons. The van der Waals surface area contributed by atoms with Gasteiger partial charge in [0, 0.05) is 11.9 Å². The fraction of sp³-hybridized carbons (Fsp3) is 0.312. The largest absolute Gasteiger partial charge is 0.301 e. The summed E-state index contributed by atoms with van der Waals surface area (Å²) < 4.78 is 0. The molecule has 1 N–H and O–H groups in total. The molecular weight excluding hydrogens is 320 g/mol. The number of hydrogen-bond acceptors (Lipinski definition) is 4. The van der Waals surface area contributed by atoms with E-state index in [2.05, 4.69) is 10.3 Å². The number of ketones is 1. The van der Waals surface area contributed by atoms with Crippen molar-refractivity contribution in [3.8, 4) is 0 Å². The van der Waals surface area contributed by atoms with Crippen LogP contribution in [-0.2, 0) is 10.2 Å². The lowest BCUT2D eigenvalue weighted by Crippen LogP contribution is -2.28. The van der Waals surface area contributed by atoms with Gasteiger partial charge in [0.15, 0.2) is 10.9 Å². The Hall–Kier alpha value is -1.72. The molecule has 0 aliphatic heterocycles. The molecule has 1 aromatic carbocycles. The van der Waals surface area contributed by atoms with E-state index in [1.54, 1.807) is 13.0 Å². The Morgan fingerprint density at radius 1 is 1.32 bits per heavy atom. The molecule has 4 nitrogen and oxygen atoms in total. The van der Waals surface area contributed by atoms with Gasteiger partial charge in [-0.05, 0) is 31.4 Å². The van der Waals surface area contributed by atoms with E-state index in [1.807, 2.05) is 18.2 Å². The van der Waals surface area contributed by atoms with E-state index in [0.717, 1.165) is 18.4 Å². The maximum Gasteiger partial charge on any atom is 0.236 e. The van der Waals surface area contributed by atoms with Gasteiger partial charge in [0.05, 0.1) is 16.0 Å². The van der Waals surface area contributed by atoms with E-state index < -0.39 is 5.41 Å².